The van der Waals surface area contributed by atoms with E-state index < -0.39 is 0 Å². The molecule has 0 aliphatic carbocycles. The summed E-state index contributed by atoms with van der Waals surface area (Å²) in [5.41, 5.74) is 1.19. The zero-order valence-corrected chi connectivity index (χ0v) is 11.2. The van der Waals surface area contributed by atoms with Gasteiger partial charge in [-0.25, -0.2) is 0 Å². The van der Waals surface area contributed by atoms with Crippen molar-refractivity contribution in [1.82, 2.24) is 5.32 Å². The van der Waals surface area contributed by atoms with Crippen LogP contribution in [0.2, 0.25) is 0 Å². The number of hydrogen-bond acceptors (Lipinski definition) is 1. The van der Waals surface area contributed by atoms with Crippen molar-refractivity contribution in [2.24, 2.45) is 10.8 Å². The van der Waals surface area contributed by atoms with Gasteiger partial charge in [-0.15, -0.1) is 0 Å². The zero-order valence-electron chi connectivity index (χ0n) is 11.2. The second kappa shape index (κ2) is 5.34. The molecule has 1 heterocycles. The Morgan fingerprint density at radius 1 is 0.867 bits per heavy atom. The van der Waals surface area contributed by atoms with E-state index in [2.05, 4.69) is 33.0 Å². The molecule has 0 amide bonds. The van der Waals surface area contributed by atoms with Gasteiger partial charge in [-0.1, -0.05) is 40.5 Å². The van der Waals surface area contributed by atoms with Crippen molar-refractivity contribution >= 4 is 0 Å². The Morgan fingerprint density at radius 3 is 1.87 bits per heavy atom. The molecule has 0 aromatic carbocycles. The zero-order chi connectivity index (χ0) is 11.4. The van der Waals surface area contributed by atoms with Crippen LogP contribution in [-0.4, -0.2) is 13.1 Å². The SMILES string of the molecule is CCC1(CC)CCNCC(CC)(CC)C1. The Kier molecular flexibility index (Phi) is 4.64. The number of nitrogens with one attached hydrogen (secondary N) is 1. The summed E-state index contributed by atoms with van der Waals surface area (Å²) >= 11 is 0. The molecule has 0 atom stereocenters. The normalized spacial score (nSPS) is 24.8. The Labute approximate surface area is 96.0 Å². The van der Waals surface area contributed by atoms with Crippen molar-refractivity contribution < 1.29 is 0 Å². The highest BCUT2D eigenvalue weighted by Gasteiger charge is 2.38. The number of hydrogen-bond donors (Lipinski definition) is 1. The van der Waals surface area contributed by atoms with Gasteiger partial charge in [0.05, 0.1) is 0 Å². The summed E-state index contributed by atoms with van der Waals surface area (Å²) < 4.78 is 0. The maximum Gasteiger partial charge on any atom is 0.000781 e. The second-order valence-electron chi connectivity index (χ2n) is 5.52. The summed E-state index contributed by atoms with van der Waals surface area (Å²) in [5.74, 6) is 0. The van der Waals surface area contributed by atoms with E-state index in [0.717, 1.165) is 0 Å². The van der Waals surface area contributed by atoms with Crippen LogP contribution in [0.25, 0.3) is 0 Å². The molecule has 0 bridgehead atoms. The lowest BCUT2D eigenvalue weighted by Crippen LogP contribution is -2.33. The molecule has 0 unspecified atom stereocenters. The van der Waals surface area contributed by atoms with Crippen LogP contribution in [0.5, 0.6) is 0 Å². The van der Waals surface area contributed by atoms with Gasteiger partial charge < -0.3 is 5.32 Å². The van der Waals surface area contributed by atoms with Crippen LogP contribution in [0.4, 0.5) is 0 Å². The van der Waals surface area contributed by atoms with Crippen molar-refractivity contribution in [2.75, 3.05) is 13.1 Å². The number of rotatable bonds is 4. The summed E-state index contributed by atoms with van der Waals surface area (Å²) in [7, 11) is 0. The van der Waals surface area contributed by atoms with Crippen LogP contribution >= 0.6 is 0 Å². The van der Waals surface area contributed by atoms with E-state index in [9.17, 15) is 0 Å². The van der Waals surface area contributed by atoms with E-state index in [1.807, 2.05) is 0 Å². The van der Waals surface area contributed by atoms with Crippen LogP contribution in [0.3, 0.4) is 0 Å². The molecule has 1 N–H and O–H groups in total. The Hall–Kier alpha value is -0.0400. The summed E-state index contributed by atoms with van der Waals surface area (Å²) in [5, 5.41) is 3.66. The molecule has 0 aromatic rings. The van der Waals surface area contributed by atoms with Crippen molar-refractivity contribution in [1.29, 1.82) is 0 Å². The van der Waals surface area contributed by atoms with Gasteiger partial charge in [0.2, 0.25) is 0 Å². The first-order valence-electron chi connectivity index (χ1n) is 6.86. The first-order valence-corrected chi connectivity index (χ1v) is 6.86. The van der Waals surface area contributed by atoms with E-state index >= 15 is 0 Å². The average molecular weight is 211 g/mol. The maximum atomic E-state index is 3.66. The highest BCUT2D eigenvalue weighted by molar-refractivity contribution is 4.92. The molecule has 1 rings (SSSR count). The Balaban J connectivity index is 2.84. The summed E-state index contributed by atoms with van der Waals surface area (Å²) in [6, 6.07) is 0. The third kappa shape index (κ3) is 2.75. The minimum Gasteiger partial charge on any atom is -0.316 e. The summed E-state index contributed by atoms with van der Waals surface area (Å²) in [4.78, 5) is 0. The van der Waals surface area contributed by atoms with Crippen molar-refractivity contribution in [3.05, 3.63) is 0 Å². The van der Waals surface area contributed by atoms with Crippen LogP contribution in [0.15, 0.2) is 0 Å². The van der Waals surface area contributed by atoms with Crippen LogP contribution in [-0.2, 0) is 0 Å². The fraction of sp³-hybridized carbons (Fsp3) is 1.00. The lowest BCUT2D eigenvalue weighted by molar-refractivity contribution is 0.122. The van der Waals surface area contributed by atoms with Gasteiger partial charge in [0.25, 0.3) is 0 Å². The third-order valence-electron chi connectivity index (χ3n) is 5.08. The first kappa shape index (κ1) is 13.0. The van der Waals surface area contributed by atoms with E-state index in [0.29, 0.717) is 10.8 Å². The van der Waals surface area contributed by atoms with Crippen LogP contribution in [0, 0.1) is 10.8 Å². The molecule has 0 saturated carbocycles. The van der Waals surface area contributed by atoms with Gasteiger partial charge in [-0.2, -0.15) is 0 Å². The maximum absolute atomic E-state index is 3.66. The Morgan fingerprint density at radius 2 is 1.40 bits per heavy atom. The molecule has 1 aliphatic rings. The highest BCUT2D eigenvalue weighted by atomic mass is 14.9. The molecule has 1 nitrogen and oxygen atoms in total. The van der Waals surface area contributed by atoms with Gasteiger partial charge >= 0.3 is 0 Å². The average Bonchev–Trinajstić information content (AvgIpc) is 2.50. The molecular formula is C14H29N. The van der Waals surface area contributed by atoms with Gasteiger partial charge in [0, 0.05) is 6.54 Å². The lowest BCUT2D eigenvalue weighted by Gasteiger charge is -2.40. The molecule has 0 spiro atoms. The lowest BCUT2D eigenvalue weighted by atomic mass is 9.65. The minimum atomic E-state index is 0.572. The van der Waals surface area contributed by atoms with Crippen LogP contribution in [0.1, 0.15) is 66.2 Å². The van der Waals surface area contributed by atoms with E-state index in [-0.39, 0.29) is 0 Å². The van der Waals surface area contributed by atoms with Crippen LogP contribution < -0.4 is 5.32 Å². The minimum absolute atomic E-state index is 0.572. The predicted octanol–water partition coefficient (Wildman–Crippen LogP) is 3.98. The fourth-order valence-electron chi connectivity index (χ4n) is 3.26. The molecule has 1 heteroatoms. The van der Waals surface area contributed by atoms with Gasteiger partial charge in [0.15, 0.2) is 0 Å². The molecule has 1 saturated heterocycles. The topological polar surface area (TPSA) is 12.0 Å². The standard InChI is InChI=1S/C14H29N/c1-5-13(6-2)9-10-15-12-14(7-3,8-4)11-13/h15H,5-12H2,1-4H3. The largest absolute Gasteiger partial charge is 0.316 e. The molecule has 15 heavy (non-hydrogen) atoms. The smallest absolute Gasteiger partial charge is 0.000781 e. The van der Waals surface area contributed by atoms with Crippen molar-refractivity contribution in [3.8, 4) is 0 Å². The molecule has 0 aromatic heterocycles. The molecule has 0 radical (unpaired) electrons. The second-order valence-corrected chi connectivity index (χ2v) is 5.52. The molecule has 1 fully saturated rings. The fourth-order valence-corrected chi connectivity index (χ4v) is 3.26. The third-order valence-corrected chi connectivity index (χ3v) is 5.08. The van der Waals surface area contributed by atoms with Crippen molar-refractivity contribution in [2.45, 2.75) is 66.2 Å². The van der Waals surface area contributed by atoms with E-state index in [1.165, 1.54) is 51.6 Å². The monoisotopic (exact) mass is 211 g/mol. The highest BCUT2D eigenvalue weighted by Crippen LogP contribution is 2.46. The summed E-state index contributed by atoms with van der Waals surface area (Å²) in [6.07, 6.45) is 8.19. The first-order chi connectivity index (χ1) is 7.16. The van der Waals surface area contributed by atoms with Crippen molar-refractivity contribution in [3.63, 3.8) is 0 Å². The molecule has 1 aliphatic heterocycles. The molecule has 90 valence electrons. The Bertz CT molecular complexity index is 158. The summed E-state index contributed by atoms with van der Waals surface area (Å²) in [6.45, 7) is 12.0. The predicted molar refractivity (Wildman–Crippen MR) is 68.1 cm³/mol. The van der Waals surface area contributed by atoms with E-state index in [4.69, 9.17) is 0 Å². The van der Waals surface area contributed by atoms with Gasteiger partial charge in [-0.05, 0) is 43.1 Å². The van der Waals surface area contributed by atoms with Gasteiger partial charge in [0.1, 0.15) is 0 Å². The van der Waals surface area contributed by atoms with Gasteiger partial charge in [-0.3, -0.25) is 0 Å². The molecular weight excluding hydrogens is 182 g/mol. The quantitative estimate of drug-likeness (QED) is 0.741. The van der Waals surface area contributed by atoms with E-state index in [1.54, 1.807) is 0 Å².